The zero-order valence-electron chi connectivity index (χ0n) is 33.7. The maximum atomic E-state index is 4.28. The van der Waals surface area contributed by atoms with Crippen molar-refractivity contribution >= 4 is 17.2 Å². The number of aryl methyl sites for hydroxylation is 2. The molecule has 53 heavy (non-hydrogen) atoms. The summed E-state index contributed by atoms with van der Waals surface area (Å²) in [4.78, 5) is 0. The minimum atomic E-state index is 0.349. The summed E-state index contributed by atoms with van der Waals surface area (Å²) in [6.45, 7) is 29.5. The van der Waals surface area contributed by atoms with Gasteiger partial charge in [0.1, 0.15) is 0 Å². The Hall–Kier alpha value is -5.46. The molecule has 0 N–H and O–H groups in total. The van der Waals surface area contributed by atoms with E-state index < -0.39 is 0 Å². The lowest BCUT2D eigenvalue weighted by atomic mass is 9.86. The Bertz CT molecular complexity index is 2020. The van der Waals surface area contributed by atoms with Gasteiger partial charge in [-0.1, -0.05) is 191 Å². The molecule has 0 amide bonds. The highest BCUT2D eigenvalue weighted by atomic mass is 14.3. The molecule has 1 aliphatic carbocycles. The summed E-state index contributed by atoms with van der Waals surface area (Å²) in [7, 11) is 0. The second kappa shape index (κ2) is 21.2. The first-order chi connectivity index (χ1) is 25.7. The molecule has 0 radical (unpaired) electrons. The number of hydrogen-bond acceptors (Lipinski definition) is 0. The van der Waals surface area contributed by atoms with Crippen LogP contribution in [0.3, 0.4) is 0 Å². The third kappa shape index (κ3) is 10.6. The van der Waals surface area contributed by atoms with Gasteiger partial charge in [-0.15, -0.1) is 13.2 Å². The molecule has 1 unspecified atom stereocenters. The second-order valence-corrected chi connectivity index (χ2v) is 13.3. The highest BCUT2D eigenvalue weighted by Crippen LogP contribution is 2.47. The summed E-state index contributed by atoms with van der Waals surface area (Å²) >= 11 is 0. The van der Waals surface area contributed by atoms with Crippen LogP contribution in [0.15, 0.2) is 177 Å². The standard InChI is InChI=1S/C26H24.C23H26.C2H6.C2H4/c1-4-9-23-19(3)26(25-18(2)10-8-13-24(23)25)22-16-14-21(15-17-22)20-11-6-5-7-12-20;1-6-9-19(5)23(16-20-14-12-18(4)13-15-20)22-11-8-7-10-21(22)17(2)3;2*1-2/h4-17,26H,1-3H3;6-17H,5H2,1-4H3;1-2H3;1-2H2/b9-4-;9-6-,23-16-;;. The van der Waals surface area contributed by atoms with E-state index in [2.05, 4.69) is 207 Å². The highest BCUT2D eigenvalue weighted by molar-refractivity contribution is 5.93. The molecule has 5 aromatic carbocycles. The topological polar surface area (TPSA) is 0 Å². The lowest BCUT2D eigenvalue weighted by Crippen LogP contribution is -2.01. The monoisotopic (exact) mass is 696 g/mol. The van der Waals surface area contributed by atoms with Gasteiger partial charge in [-0.3, -0.25) is 0 Å². The Morgan fingerprint density at radius 2 is 1.26 bits per heavy atom. The minimum Gasteiger partial charge on any atom is -0.106 e. The zero-order valence-corrected chi connectivity index (χ0v) is 33.7. The lowest BCUT2D eigenvalue weighted by molar-refractivity contribution is 0.863. The van der Waals surface area contributed by atoms with Crippen molar-refractivity contribution in [3.05, 3.63) is 221 Å². The van der Waals surface area contributed by atoms with Gasteiger partial charge < -0.3 is 0 Å². The van der Waals surface area contributed by atoms with Crippen molar-refractivity contribution in [2.45, 2.75) is 74.1 Å². The van der Waals surface area contributed by atoms with Crippen molar-refractivity contribution in [2.24, 2.45) is 0 Å². The van der Waals surface area contributed by atoms with Gasteiger partial charge in [0.2, 0.25) is 0 Å². The molecule has 1 atom stereocenters. The SMILES string of the molecule is C/C=C\C1=C(C)C(c2ccc(-c3ccccc3)cc2)c2c(C)cccc21.C=C.C=C(/C=C\C)/C(=C/c1ccc(C)cc1)c1ccccc1C(C)C.CC. The van der Waals surface area contributed by atoms with Crippen LogP contribution >= 0.6 is 0 Å². The molecule has 6 rings (SSSR count). The molecule has 0 nitrogen and oxygen atoms in total. The van der Waals surface area contributed by atoms with Gasteiger partial charge in [0.25, 0.3) is 0 Å². The van der Waals surface area contributed by atoms with Gasteiger partial charge in [0.05, 0.1) is 0 Å². The van der Waals surface area contributed by atoms with Crippen molar-refractivity contribution in [2.75, 3.05) is 0 Å². The van der Waals surface area contributed by atoms with E-state index in [1.54, 1.807) is 0 Å². The molecule has 272 valence electrons. The van der Waals surface area contributed by atoms with E-state index in [1.807, 2.05) is 26.8 Å². The zero-order chi connectivity index (χ0) is 38.9. The summed E-state index contributed by atoms with van der Waals surface area (Å²) in [6, 6.07) is 43.6. The molecule has 0 spiro atoms. The normalized spacial score (nSPS) is 13.5. The average molecular weight is 697 g/mol. The van der Waals surface area contributed by atoms with Gasteiger partial charge in [-0.25, -0.2) is 0 Å². The van der Waals surface area contributed by atoms with E-state index in [9.17, 15) is 0 Å². The average Bonchev–Trinajstić information content (AvgIpc) is 3.48. The van der Waals surface area contributed by atoms with E-state index in [0.29, 0.717) is 11.8 Å². The Morgan fingerprint density at radius 1 is 0.660 bits per heavy atom. The van der Waals surface area contributed by atoms with Gasteiger partial charge in [-0.2, -0.15) is 0 Å². The van der Waals surface area contributed by atoms with Gasteiger partial charge in [-0.05, 0) is 113 Å². The van der Waals surface area contributed by atoms with Crippen molar-refractivity contribution in [1.29, 1.82) is 0 Å². The highest BCUT2D eigenvalue weighted by Gasteiger charge is 2.30. The van der Waals surface area contributed by atoms with Crippen LogP contribution in [-0.4, -0.2) is 0 Å². The second-order valence-electron chi connectivity index (χ2n) is 13.3. The molecule has 0 saturated heterocycles. The summed E-state index contributed by atoms with van der Waals surface area (Å²) < 4.78 is 0. The summed E-state index contributed by atoms with van der Waals surface area (Å²) in [5.74, 6) is 0.827. The van der Waals surface area contributed by atoms with Crippen LogP contribution in [0.5, 0.6) is 0 Å². The molecule has 5 aromatic rings. The number of rotatable bonds is 8. The van der Waals surface area contributed by atoms with Crippen LogP contribution in [0.2, 0.25) is 0 Å². The van der Waals surface area contributed by atoms with Crippen molar-refractivity contribution in [3.8, 4) is 11.1 Å². The van der Waals surface area contributed by atoms with Crippen LogP contribution in [0, 0.1) is 13.8 Å². The molecule has 0 aromatic heterocycles. The fraction of sp³-hybridized carbons (Fsp3) is 0.208. The number of allylic oxidation sites excluding steroid dienone is 8. The van der Waals surface area contributed by atoms with Crippen LogP contribution in [0.1, 0.15) is 105 Å². The van der Waals surface area contributed by atoms with Crippen LogP contribution in [-0.2, 0) is 0 Å². The molecule has 0 saturated carbocycles. The molecule has 0 bridgehead atoms. The Balaban J connectivity index is 0.000000263. The number of fused-ring (bicyclic) bond motifs is 1. The number of benzene rings is 5. The minimum absolute atomic E-state index is 0.349. The van der Waals surface area contributed by atoms with Crippen LogP contribution in [0.4, 0.5) is 0 Å². The smallest absolute Gasteiger partial charge is 0.0314 e. The number of hydrogen-bond donors (Lipinski definition) is 0. The molecule has 0 heterocycles. The molecule has 0 heteroatoms. The first-order valence-electron chi connectivity index (χ1n) is 19.0. The third-order valence-corrected chi connectivity index (χ3v) is 9.42. The predicted octanol–water partition coefficient (Wildman–Crippen LogP) is 15.8. The fourth-order valence-corrected chi connectivity index (χ4v) is 6.90. The Labute approximate surface area is 322 Å². The van der Waals surface area contributed by atoms with Crippen molar-refractivity contribution in [1.82, 2.24) is 0 Å². The molecule has 0 fully saturated rings. The van der Waals surface area contributed by atoms with Gasteiger partial charge in [0.15, 0.2) is 0 Å². The molecular formula is C53H60. The lowest BCUT2D eigenvalue weighted by Gasteiger charge is -2.18. The Morgan fingerprint density at radius 3 is 1.87 bits per heavy atom. The van der Waals surface area contributed by atoms with Crippen molar-refractivity contribution < 1.29 is 0 Å². The molecular weight excluding hydrogens is 637 g/mol. The van der Waals surface area contributed by atoms with E-state index >= 15 is 0 Å². The van der Waals surface area contributed by atoms with Gasteiger partial charge >= 0.3 is 0 Å². The maximum Gasteiger partial charge on any atom is 0.0314 e. The summed E-state index contributed by atoms with van der Waals surface area (Å²) in [5, 5.41) is 0. The molecule has 1 aliphatic rings. The van der Waals surface area contributed by atoms with Crippen LogP contribution < -0.4 is 0 Å². The third-order valence-electron chi connectivity index (χ3n) is 9.42. The fourth-order valence-electron chi connectivity index (χ4n) is 6.90. The van der Waals surface area contributed by atoms with E-state index in [1.165, 1.54) is 72.4 Å². The van der Waals surface area contributed by atoms with E-state index in [-0.39, 0.29) is 0 Å². The Kier molecular flexibility index (Phi) is 16.7. The maximum absolute atomic E-state index is 4.28. The molecule has 0 aliphatic heterocycles. The summed E-state index contributed by atoms with van der Waals surface area (Å²) in [6.07, 6.45) is 10.8. The first kappa shape index (κ1) is 42.0. The van der Waals surface area contributed by atoms with Gasteiger partial charge in [0, 0.05) is 5.92 Å². The quantitative estimate of drug-likeness (QED) is 0.0861. The summed E-state index contributed by atoms with van der Waals surface area (Å²) in [5.41, 5.74) is 18.3. The first-order valence-corrected chi connectivity index (χ1v) is 19.0. The largest absolute Gasteiger partial charge is 0.106 e. The van der Waals surface area contributed by atoms with E-state index in [4.69, 9.17) is 0 Å². The van der Waals surface area contributed by atoms with Crippen molar-refractivity contribution in [3.63, 3.8) is 0 Å². The predicted molar refractivity (Wildman–Crippen MR) is 238 cm³/mol. The van der Waals surface area contributed by atoms with E-state index in [0.717, 1.165) is 5.57 Å². The van der Waals surface area contributed by atoms with Crippen LogP contribution in [0.25, 0.3) is 28.3 Å².